The Bertz CT molecular complexity index is 578. The molecular formula is C17H20FNO3. The Morgan fingerprint density at radius 1 is 1.27 bits per heavy atom. The molecule has 2 fully saturated rings. The van der Waals surface area contributed by atoms with Crippen molar-refractivity contribution >= 4 is 11.9 Å². The van der Waals surface area contributed by atoms with Crippen LogP contribution >= 0.6 is 0 Å². The van der Waals surface area contributed by atoms with Crippen LogP contribution in [0.15, 0.2) is 24.3 Å². The molecule has 0 aliphatic heterocycles. The highest BCUT2D eigenvalue weighted by Gasteiger charge is 2.58. The minimum Gasteiger partial charge on any atom is -0.481 e. The highest BCUT2D eigenvalue weighted by Crippen LogP contribution is 2.62. The zero-order chi connectivity index (χ0) is 15.7. The molecule has 2 unspecified atom stereocenters. The molecule has 1 aromatic carbocycles. The van der Waals surface area contributed by atoms with E-state index in [0.29, 0.717) is 5.56 Å². The summed E-state index contributed by atoms with van der Waals surface area (Å²) in [5.41, 5.74) is 0.805. The minimum absolute atomic E-state index is 0.0201. The first-order chi connectivity index (χ1) is 10.5. The van der Waals surface area contributed by atoms with E-state index >= 15 is 0 Å². The summed E-state index contributed by atoms with van der Waals surface area (Å²) in [5, 5.41) is 11.9. The summed E-state index contributed by atoms with van der Waals surface area (Å²) in [4.78, 5) is 23.5. The van der Waals surface area contributed by atoms with Gasteiger partial charge >= 0.3 is 5.97 Å². The number of carbonyl (C=O) groups is 2. The Balaban J connectivity index is 1.69. The number of amides is 1. The second kappa shape index (κ2) is 5.71. The standard InChI is InChI=1S/C17H20FNO3/c18-12-5-3-11(4-6-12)14(9-15(20)21)19-16(22)13-10-17(13)7-1-2-8-17/h3-6,13-14H,1-2,7-10H2,(H,19,22)(H,20,21). The predicted octanol–water partition coefficient (Wildman–Crippen LogP) is 3.04. The van der Waals surface area contributed by atoms with Gasteiger partial charge in [-0.3, -0.25) is 9.59 Å². The maximum absolute atomic E-state index is 13.0. The molecule has 3 rings (SSSR count). The van der Waals surface area contributed by atoms with Crippen LogP contribution in [0.3, 0.4) is 0 Å². The molecule has 0 aromatic heterocycles. The molecule has 0 radical (unpaired) electrons. The fourth-order valence-corrected chi connectivity index (χ4v) is 3.74. The number of nitrogens with one attached hydrogen (secondary N) is 1. The lowest BCUT2D eigenvalue weighted by atomic mass is 10.00. The number of carbonyl (C=O) groups excluding carboxylic acids is 1. The van der Waals surface area contributed by atoms with Gasteiger partial charge in [-0.05, 0) is 42.4 Å². The van der Waals surface area contributed by atoms with Crippen molar-refractivity contribution in [2.45, 2.75) is 44.6 Å². The monoisotopic (exact) mass is 305 g/mol. The van der Waals surface area contributed by atoms with Crippen molar-refractivity contribution in [1.29, 1.82) is 0 Å². The highest BCUT2D eigenvalue weighted by molar-refractivity contribution is 5.83. The van der Waals surface area contributed by atoms with E-state index in [1.165, 1.54) is 37.1 Å². The lowest BCUT2D eigenvalue weighted by Crippen LogP contribution is -2.32. The molecule has 0 bridgehead atoms. The first-order valence-corrected chi connectivity index (χ1v) is 7.78. The van der Waals surface area contributed by atoms with E-state index in [9.17, 15) is 14.0 Å². The summed E-state index contributed by atoms with van der Waals surface area (Å²) in [6, 6.07) is 5.02. The third kappa shape index (κ3) is 2.98. The van der Waals surface area contributed by atoms with E-state index in [1.54, 1.807) is 0 Å². The molecule has 1 amide bonds. The number of rotatable bonds is 5. The van der Waals surface area contributed by atoms with Crippen LogP contribution in [0, 0.1) is 17.2 Å². The topological polar surface area (TPSA) is 66.4 Å². The molecule has 2 saturated carbocycles. The van der Waals surface area contributed by atoms with Crippen molar-refractivity contribution in [3.8, 4) is 0 Å². The number of halogens is 1. The van der Waals surface area contributed by atoms with Gasteiger partial charge in [-0.25, -0.2) is 4.39 Å². The van der Waals surface area contributed by atoms with Gasteiger partial charge in [0.25, 0.3) is 0 Å². The lowest BCUT2D eigenvalue weighted by Gasteiger charge is -2.18. The number of aliphatic carboxylic acids is 1. The zero-order valence-corrected chi connectivity index (χ0v) is 12.3. The van der Waals surface area contributed by atoms with E-state index in [-0.39, 0.29) is 29.5 Å². The van der Waals surface area contributed by atoms with Gasteiger partial charge in [0, 0.05) is 5.92 Å². The second-order valence-electron chi connectivity index (χ2n) is 6.54. The van der Waals surface area contributed by atoms with Gasteiger partial charge < -0.3 is 10.4 Å². The quantitative estimate of drug-likeness (QED) is 0.878. The molecule has 5 heteroatoms. The average Bonchev–Trinajstić information content (AvgIpc) is 2.96. The SMILES string of the molecule is O=C(O)CC(NC(=O)C1CC12CCCC2)c1ccc(F)cc1. The normalized spacial score (nSPS) is 23.2. The summed E-state index contributed by atoms with van der Waals surface area (Å²) < 4.78 is 13.0. The van der Waals surface area contributed by atoms with E-state index in [0.717, 1.165) is 19.3 Å². The van der Waals surface area contributed by atoms with Crippen LogP contribution < -0.4 is 5.32 Å². The number of benzene rings is 1. The van der Waals surface area contributed by atoms with E-state index < -0.39 is 12.0 Å². The fraction of sp³-hybridized carbons (Fsp3) is 0.529. The number of carboxylic acids is 1. The van der Waals surface area contributed by atoms with Gasteiger partial charge in [0.2, 0.25) is 5.91 Å². The van der Waals surface area contributed by atoms with Crippen molar-refractivity contribution in [2.24, 2.45) is 11.3 Å². The Labute approximate surface area is 128 Å². The second-order valence-corrected chi connectivity index (χ2v) is 6.54. The smallest absolute Gasteiger partial charge is 0.305 e. The van der Waals surface area contributed by atoms with Gasteiger partial charge in [-0.15, -0.1) is 0 Å². The van der Waals surface area contributed by atoms with Crippen LogP contribution in [0.4, 0.5) is 4.39 Å². The summed E-state index contributed by atoms with van der Waals surface area (Å²) in [5.74, 6) is -1.40. The Kier molecular flexibility index (Phi) is 3.89. The maximum Gasteiger partial charge on any atom is 0.305 e. The third-order valence-corrected chi connectivity index (χ3v) is 5.07. The molecule has 22 heavy (non-hydrogen) atoms. The van der Waals surface area contributed by atoms with Gasteiger partial charge in [-0.2, -0.15) is 0 Å². The highest BCUT2D eigenvalue weighted by atomic mass is 19.1. The van der Waals surface area contributed by atoms with Gasteiger partial charge in [-0.1, -0.05) is 25.0 Å². The average molecular weight is 305 g/mol. The maximum atomic E-state index is 13.0. The molecule has 0 heterocycles. The molecule has 4 nitrogen and oxygen atoms in total. The summed E-state index contributed by atoms with van der Waals surface area (Å²) in [7, 11) is 0. The molecule has 0 saturated heterocycles. The first-order valence-electron chi connectivity index (χ1n) is 7.78. The summed E-state index contributed by atoms with van der Waals surface area (Å²) >= 11 is 0. The molecule has 2 aliphatic carbocycles. The molecule has 2 aliphatic rings. The third-order valence-electron chi connectivity index (χ3n) is 5.07. The largest absolute Gasteiger partial charge is 0.481 e. The van der Waals surface area contributed by atoms with Crippen molar-refractivity contribution in [2.75, 3.05) is 0 Å². The predicted molar refractivity (Wildman–Crippen MR) is 78.5 cm³/mol. The van der Waals surface area contributed by atoms with Crippen LogP contribution in [0.1, 0.15) is 50.1 Å². The minimum atomic E-state index is -0.985. The van der Waals surface area contributed by atoms with Crippen molar-refractivity contribution in [3.05, 3.63) is 35.6 Å². The number of hydrogen-bond acceptors (Lipinski definition) is 2. The van der Waals surface area contributed by atoms with Crippen molar-refractivity contribution in [3.63, 3.8) is 0 Å². The summed E-state index contributed by atoms with van der Waals surface area (Å²) in [6.45, 7) is 0. The van der Waals surface area contributed by atoms with Crippen LogP contribution in [0.2, 0.25) is 0 Å². The van der Waals surface area contributed by atoms with Crippen LogP contribution in [-0.4, -0.2) is 17.0 Å². The molecule has 1 aromatic rings. The molecule has 1 spiro atoms. The van der Waals surface area contributed by atoms with E-state index in [1.807, 2.05) is 0 Å². The molecule has 118 valence electrons. The fourth-order valence-electron chi connectivity index (χ4n) is 3.74. The first kappa shape index (κ1) is 15.0. The van der Waals surface area contributed by atoms with Crippen molar-refractivity contribution in [1.82, 2.24) is 5.32 Å². The Morgan fingerprint density at radius 2 is 1.91 bits per heavy atom. The molecule has 2 N–H and O–H groups in total. The van der Waals surface area contributed by atoms with Crippen LogP contribution in [0.5, 0.6) is 0 Å². The van der Waals surface area contributed by atoms with Crippen LogP contribution in [-0.2, 0) is 9.59 Å². The van der Waals surface area contributed by atoms with Gasteiger partial charge in [0.05, 0.1) is 12.5 Å². The van der Waals surface area contributed by atoms with Crippen LogP contribution in [0.25, 0.3) is 0 Å². The van der Waals surface area contributed by atoms with Crippen molar-refractivity contribution < 1.29 is 19.1 Å². The summed E-state index contributed by atoms with van der Waals surface area (Å²) in [6.07, 6.45) is 5.29. The lowest BCUT2D eigenvalue weighted by molar-refractivity contribution is -0.137. The van der Waals surface area contributed by atoms with E-state index in [2.05, 4.69) is 5.32 Å². The Hall–Kier alpha value is -1.91. The van der Waals surface area contributed by atoms with Gasteiger partial charge in [0.15, 0.2) is 0 Å². The Morgan fingerprint density at radius 3 is 2.50 bits per heavy atom. The zero-order valence-electron chi connectivity index (χ0n) is 12.3. The number of carboxylic acid groups (broad SMARTS) is 1. The molecular weight excluding hydrogens is 285 g/mol. The number of hydrogen-bond donors (Lipinski definition) is 2. The van der Waals surface area contributed by atoms with E-state index in [4.69, 9.17) is 5.11 Å². The van der Waals surface area contributed by atoms with Gasteiger partial charge in [0.1, 0.15) is 5.82 Å². The molecule has 2 atom stereocenters.